The van der Waals surface area contributed by atoms with Crippen molar-refractivity contribution in [2.75, 3.05) is 24.8 Å². The van der Waals surface area contributed by atoms with Crippen LogP contribution in [0.5, 0.6) is 0 Å². The predicted octanol–water partition coefficient (Wildman–Crippen LogP) is 0.315. The van der Waals surface area contributed by atoms with Crippen molar-refractivity contribution in [2.45, 2.75) is 31.1 Å². The third kappa shape index (κ3) is 9.03. The van der Waals surface area contributed by atoms with E-state index < -0.39 is 27.9 Å². The van der Waals surface area contributed by atoms with Crippen LogP contribution in [-0.4, -0.2) is 61.1 Å². The molecule has 1 unspecified atom stereocenters. The molecule has 0 saturated heterocycles. The van der Waals surface area contributed by atoms with E-state index >= 15 is 0 Å². The van der Waals surface area contributed by atoms with Crippen molar-refractivity contribution in [2.24, 2.45) is 0 Å². The first-order valence-corrected chi connectivity index (χ1v) is 9.25. The maximum absolute atomic E-state index is 11.6. The smallest absolute Gasteiger partial charge is 0.326 e. The number of rotatable bonds is 8. The number of nitrogens with one attached hydrogen (secondary N) is 2. The second-order valence-electron chi connectivity index (χ2n) is 5.10. The second kappa shape index (κ2) is 7.72. The molecule has 7 nitrogen and oxygen atoms in total. The number of carboxylic acid groups (broad SMARTS) is 1. The first-order chi connectivity index (χ1) is 8.97. The third-order valence-electron chi connectivity index (χ3n) is 2.61. The van der Waals surface area contributed by atoms with Gasteiger partial charge in [-0.3, -0.25) is 0 Å². The van der Waals surface area contributed by atoms with Crippen LogP contribution in [-0.2, 0) is 14.6 Å². The summed E-state index contributed by atoms with van der Waals surface area (Å²) in [4.78, 5) is 22.6. The molecule has 118 valence electrons. The molecule has 0 aromatic heterocycles. The highest BCUT2D eigenvalue weighted by Crippen LogP contribution is 2.19. The van der Waals surface area contributed by atoms with Gasteiger partial charge in [0, 0.05) is 17.5 Å². The number of carbonyl (C=O) groups is 2. The minimum atomic E-state index is -3.27. The van der Waals surface area contributed by atoms with Crippen LogP contribution < -0.4 is 10.6 Å². The molecule has 0 aliphatic carbocycles. The Bertz CT molecular complexity index is 448. The summed E-state index contributed by atoms with van der Waals surface area (Å²) in [6, 6.07) is -1.84. The van der Waals surface area contributed by atoms with Gasteiger partial charge in [-0.2, -0.15) is 11.8 Å². The quantitative estimate of drug-likeness (QED) is 0.592. The summed E-state index contributed by atoms with van der Waals surface area (Å²) < 4.78 is 21.9. The van der Waals surface area contributed by atoms with Crippen LogP contribution >= 0.6 is 11.8 Å². The van der Waals surface area contributed by atoms with Crippen LogP contribution in [0.2, 0.25) is 0 Å². The Balaban J connectivity index is 4.39. The van der Waals surface area contributed by atoms with E-state index in [2.05, 4.69) is 10.6 Å². The Kier molecular flexibility index (Phi) is 7.35. The number of hydrogen-bond acceptors (Lipinski definition) is 5. The largest absolute Gasteiger partial charge is 0.480 e. The fourth-order valence-corrected chi connectivity index (χ4v) is 2.04. The lowest BCUT2D eigenvalue weighted by atomic mass is 10.2. The number of hydrogen-bond donors (Lipinski definition) is 3. The molecule has 0 spiro atoms. The third-order valence-corrected chi connectivity index (χ3v) is 4.83. The Morgan fingerprint density at radius 3 is 2.30 bits per heavy atom. The lowest BCUT2D eigenvalue weighted by molar-refractivity contribution is -0.139. The SMILES string of the molecule is CSC(C)(C)CNC(=O)NC(CCS(C)(=O)=O)C(=O)O. The molecule has 0 aliphatic rings. The van der Waals surface area contributed by atoms with Gasteiger partial charge in [0.2, 0.25) is 0 Å². The van der Waals surface area contributed by atoms with Crippen molar-refractivity contribution in [1.82, 2.24) is 10.6 Å². The maximum Gasteiger partial charge on any atom is 0.326 e. The standard InChI is InChI=1S/C11H22N2O5S2/c1-11(2,19-3)7-12-10(16)13-8(9(14)15)5-6-20(4,17)18/h8H,5-7H2,1-4H3,(H,14,15)(H2,12,13,16). The number of urea groups is 1. The molecular weight excluding hydrogens is 304 g/mol. The molecule has 0 radical (unpaired) electrons. The van der Waals surface area contributed by atoms with Gasteiger partial charge < -0.3 is 15.7 Å². The summed E-state index contributed by atoms with van der Waals surface area (Å²) in [5.41, 5.74) is 0. The summed E-state index contributed by atoms with van der Waals surface area (Å²) >= 11 is 1.57. The topological polar surface area (TPSA) is 113 Å². The number of amides is 2. The molecule has 20 heavy (non-hydrogen) atoms. The van der Waals surface area contributed by atoms with Crippen LogP contribution in [0.1, 0.15) is 20.3 Å². The normalized spacial score (nSPS) is 13.6. The lowest BCUT2D eigenvalue weighted by Gasteiger charge is -2.23. The molecule has 0 aromatic carbocycles. The highest BCUT2D eigenvalue weighted by Gasteiger charge is 2.23. The van der Waals surface area contributed by atoms with E-state index in [1.54, 1.807) is 11.8 Å². The first-order valence-electron chi connectivity index (χ1n) is 5.97. The maximum atomic E-state index is 11.6. The van der Waals surface area contributed by atoms with Crippen molar-refractivity contribution < 1.29 is 23.1 Å². The van der Waals surface area contributed by atoms with Gasteiger partial charge in [-0.15, -0.1) is 0 Å². The summed E-state index contributed by atoms with van der Waals surface area (Å²) in [5.74, 6) is -1.55. The minimum absolute atomic E-state index is 0.159. The molecule has 0 bridgehead atoms. The zero-order valence-corrected chi connectivity index (χ0v) is 13.7. The monoisotopic (exact) mass is 326 g/mol. The van der Waals surface area contributed by atoms with Crippen molar-refractivity contribution in [1.29, 1.82) is 0 Å². The Labute approximate surface area is 123 Å². The Morgan fingerprint density at radius 1 is 1.35 bits per heavy atom. The van der Waals surface area contributed by atoms with Crippen LogP contribution in [0.25, 0.3) is 0 Å². The van der Waals surface area contributed by atoms with Gasteiger partial charge in [0.05, 0.1) is 5.75 Å². The molecule has 0 heterocycles. The molecule has 0 fully saturated rings. The minimum Gasteiger partial charge on any atom is -0.480 e. The molecule has 0 rings (SSSR count). The highest BCUT2D eigenvalue weighted by molar-refractivity contribution is 7.99. The van der Waals surface area contributed by atoms with Crippen LogP contribution in [0.4, 0.5) is 4.79 Å². The van der Waals surface area contributed by atoms with Gasteiger partial charge in [-0.1, -0.05) is 0 Å². The first kappa shape index (κ1) is 19.0. The molecule has 2 amide bonds. The molecule has 9 heteroatoms. The van der Waals surface area contributed by atoms with Gasteiger partial charge in [0.1, 0.15) is 15.9 Å². The molecule has 0 aliphatic heterocycles. The van der Waals surface area contributed by atoms with Crippen LogP contribution in [0.3, 0.4) is 0 Å². The molecule has 3 N–H and O–H groups in total. The average molecular weight is 326 g/mol. The lowest BCUT2D eigenvalue weighted by Crippen LogP contribution is -2.49. The van der Waals surface area contributed by atoms with E-state index in [0.717, 1.165) is 6.26 Å². The van der Waals surface area contributed by atoms with Crippen LogP contribution in [0, 0.1) is 0 Å². The molecular formula is C11H22N2O5S2. The van der Waals surface area contributed by atoms with Crippen LogP contribution in [0.15, 0.2) is 0 Å². The van der Waals surface area contributed by atoms with Crippen molar-refractivity contribution in [3.8, 4) is 0 Å². The van der Waals surface area contributed by atoms with Gasteiger partial charge in [0.25, 0.3) is 0 Å². The van der Waals surface area contributed by atoms with E-state index in [1.807, 2.05) is 20.1 Å². The number of carbonyl (C=O) groups excluding carboxylic acids is 1. The zero-order chi connectivity index (χ0) is 16.0. The Hall–Kier alpha value is -0.960. The number of carboxylic acids is 1. The number of aliphatic carboxylic acids is 1. The molecule has 1 atom stereocenters. The summed E-state index contributed by atoms with van der Waals surface area (Å²) in [6.07, 6.45) is 2.77. The fourth-order valence-electron chi connectivity index (χ4n) is 1.16. The number of sulfone groups is 1. The number of thioether (sulfide) groups is 1. The fraction of sp³-hybridized carbons (Fsp3) is 0.818. The van der Waals surface area contributed by atoms with E-state index in [-0.39, 0.29) is 16.9 Å². The van der Waals surface area contributed by atoms with Gasteiger partial charge in [-0.25, -0.2) is 18.0 Å². The predicted molar refractivity (Wildman–Crippen MR) is 79.9 cm³/mol. The van der Waals surface area contributed by atoms with E-state index in [0.29, 0.717) is 6.54 Å². The average Bonchev–Trinajstić information content (AvgIpc) is 2.30. The second-order valence-corrected chi connectivity index (χ2v) is 8.87. The zero-order valence-electron chi connectivity index (χ0n) is 12.1. The van der Waals surface area contributed by atoms with Gasteiger partial charge in [-0.05, 0) is 26.5 Å². The van der Waals surface area contributed by atoms with E-state index in [1.165, 1.54) is 0 Å². The van der Waals surface area contributed by atoms with E-state index in [4.69, 9.17) is 5.11 Å². The Morgan fingerprint density at radius 2 is 1.90 bits per heavy atom. The highest BCUT2D eigenvalue weighted by atomic mass is 32.2. The van der Waals surface area contributed by atoms with Crippen molar-refractivity contribution in [3.05, 3.63) is 0 Å². The summed E-state index contributed by atoms with van der Waals surface area (Å²) in [5, 5.41) is 13.8. The summed E-state index contributed by atoms with van der Waals surface area (Å²) in [7, 11) is -3.27. The van der Waals surface area contributed by atoms with Gasteiger partial charge in [0.15, 0.2) is 0 Å². The summed E-state index contributed by atoms with van der Waals surface area (Å²) in [6.45, 7) is 4.25. The molecule has 0 saturated carbocycles. The van der Waals surface area contributed by atoms with E-state index in [9.17, 15) is 18.0 Å². The van der Waals surface area contributed by atoms with Crippen molar-refractivity contribution in [3.63, 3.8) is 0 Å². The van der Waals surface area contributed by atoms with Gasteiger partial charge >= 0.3 is 12.0 Å². The molecule has 0 aromatic rings. The van der Waals surface area contributed by atoms with Crippen molar-refractivity contribution >= 4 is 33.6 Å².